The van der Waals surface area contributed by atoms with Crippen molar-refractivity contribution in [2.45, 2.75) is 19.4 Å². The molecule has 0 aliphatic heterocycles. The van der Waals surface area contributed by atoms with E-state index in [1.54, 1.807) is 24.4 Å². The van der Waals surface area contributed by atoms with Gasteiger partial charge in [0.1, 0.15) is 12.0 Å². The third-order valence-corrected chi connectivity index (χ3v) is 3.86. The van der Waals surface area contributed by atoms with Crippen molar-refractivity contribution in [3.8, 4) is 0 Å². The van der Waals surface area contributed by atoms with Crippen LogP contribution in [-0.2, 0) is 0 Å². The molecule has 0 radical (unpaired) electrons. The second kappa shape index (κ2) is 5.73. The van der Waals surface area contributed by atoms with Crippen molar-refractivity contribution in [3.05, 3.63) is 60.6 Å². The molecule has 1 amide bonds. The minimum atomic E-state index is -0.219. The molecule has 0 aliphatic carbocycles. The van der Waals surface area contributed by atoms with Crippen molar-refractivity contribution in [2.75, 3.05) is 0 Å². The number of nitrogens with one attached hydrogen (secondary N) is 1. The number of nitrogens with zero attached hydrogens (tertiary/aromatic N) is 6. The van der Waals surface area contributed by atoms with Crippen LogP contribution in [0.4, 0.5) is 0 Å². The predicted molar refractivity (Wildman–Crippen MR) is 86.5 cm³/mol. The summed E-state index contributed by atoms with van der Waals surface area (Å²) in [6.45, 7) is 2.00. The smallest absolute Gasteiger partial charge is 0.270 e. The lowest BCUT2D eigenvalue weighted by atomic mass is 10.1. The lowest BCUT2D eigenvalue weighted by molar-refractivity contribution is 0.0927. The molecule has 8 nitrogen and oxygen atoms in total. The average Bonchev–Trinajstić information content (AvgIpc) is 3.25. The normalized spacial score (nSPS) is 12.5. The number of carbonyl (C=O) groups excluding carboxylic acids is 1. The van der Waals surface area contributed by atoms with Crippen LogP contribution in [0.25, 0.3) is 11.4 Å². The fraction of sp³-hybridized carbons (Fsp3) is 0.188. The van der Waals surface area contributed by atoms with Gasteiger partial charge in [0, 0.05) is 18.6 Å². The minimum Gasteiger partial charge on any atom is -0.342 e. The van der Waals surface area contributed by atoms with Gasteiger partial charge in [0.2, 0.25) is 5.78 Å². The van der Waals surface area contributed by atoms with Gasteiger partial charge in [-0.25, -0.2) is 19.5 Å². The standard InChI is InChI=1S/C16H15N7O/c1-2-11(12-9-22-8-4-7-17-16(22)21-12)20-15(24)13-5-3-6-14-18-10-19-23(13)14/h3-11H,2H2,1H3,(H,20,24). The molecule has 4 rings (SSSR count). The first-order chi connectivity index (χ1) is 11.8. The Hall–Kier alpha value is -3.29. The van der Waals surface area contributed by atoms with Crippen LogP contribution in [0, 0.1) is 0 Å². The Bertz CT molecular complexity index is 986. The predicted octanol–water partition coefficient (Wildman–Crippen LogP) is 1.65. The van der Waals surface area contributed by atoms with E-state index >= 15 is 0 Å². The summed E-state index contributed by atoms with van der Waals surface area (Å²) < 4.78 is 3.36. The summed E-state index contributed by atoms with van der Waals surface area (Å²) >= 11 is 0. The minimum absolute atomic E-state index is 0.210. The van der Waals surface area contributed by atoms with E-state index in [9.17, 15) is 4.79 Å². The van der Waals surface area contributed by atoms with E-state index in [2.05, 4.69) is 25.4 Å². The zero-order valence-corrected chi connectivity index (χ0v) is 13.0. The molecule has 0 fully saturated rings. The average molecular weight is 321 g/mol. The number of rotatable bonds is 4. The molecule has 1 unspecified atom stereocenters. The number of imidazole rings is 1. The molecule has 0 saturated heterocycles. The number of hydrogen-bond donors (Lipinski definition) is 1. The van der Waals surface area contributed by atoms with Gasteiger partial charge < -0.3 is 5.32 Å². The molecule has 0 aliphatic rings. The Morgan fingerprint density at radius 2 is 2.21 bits per heavy atom. The van der Waals surface area contributed by atoms with Crippen LogP contribution in [0.1, 0.15) is 35.6 Å². The number of hydrogen-bond acceptors (Lipinski definition) is 5. The highest BCUT2D eigenvalue weighted by atomic mass is 16.2. The second-order valence-electron chi connectivity index (χ2n) is 5.37. The summed E-state index contributed by atoms with van der Waals surface area (Å²) in [6.07, 6.45) is 7.59. The molecular formula is C16H15N7O. The first kappa shape index (κ1) is 14.3. The fourth-order valence-electron chi connectivity index (χ4n) is 2.65. The lowest BCUT2D eigenvalue weighted by Crippen LogP contribution is -2.30. The summed E-state index contributed by atoms with van der Waals surface area (Å²) in [5, 5.41) is 7.11. The van der Waals surface area contributed by atoms with E-state index < -0.39 is 0 Å². The van der Waals surface area contributed by atoms with Crippen molar-refractivity contribution in [1.82, 2.24) is 34.3 Å². The molecule has 4 aromatic heterocycles. The van der Waals surface area contributed by atoms with Crippen LogP contribution < -0.4 is 5.32 Å². The molecule has 0 saturated carbocycles. The molecule has 4 heterocycles. The molecule has 1 atom stereocenters. The summed E-state index contributed by atoms with van der Waals surface area (Å²) in [4.78, 5) is 25.5. The van der Waals surface area contributed by atoms with E-state index in [0.717, 1.165) is 5.69 Å². The third-order valence-electron chi connectivity index (χ3n) is 3.86. The van der Waals surface area contributed by atoms with E-state index in [4.69, 9.17) is 0 Å². The fourth-order valence-corrected chi connectivity index (χ4v) is 2.65. The Balaban J connectivity index is 1.64. The van der Waals surface area contributed by atoms with Crippen molar-refractivity contribution < 1.29 is 4.79 Å². The van der Waals surface area contributed by atoms with Crippen LogP contribution in [0.2, 0.25) is 0 Å². The summed E-state index contributed by atoms with van der Waals surface area (Å²) in [5.41, 5.74) is 1.84. The van der Waals surface area contributed by atoms with Gasteiger partial charge in [0.25, 0.3) is 5.91 Å². The lowest BCUT2D eigenvalue weighted by Gasteiger charge is -2.14. The van der Waals surface area contributed by atoms with Crippen molar-refractivity contribution in [2.24, 2.45) is 0 Å². The van der Waals surface area contributed by atoms with Gasteiger partial charge in [-0.3, -0.25) is 9.20 Å². The van der Waals surface area contributed by atoms with E-state index in [1.807, 2.05) is 29.8 Å². The summed E-state index contributed by atoms with van der Waals surface area (Å²) in [5.74, 6) is 0.390. The molecule has 24 heavy (non-hydrogen) atoms. The number of aromatic nitrogens is 6. The Morgan fingerprint density at radius 3 is 3.04 bits per heavy atom. The molecule has 0 bridgehead atoms. The Kier molecular flexibility index (Phi) is 3.42. The van der Waals surface area contributed by atoms with Gasteiger partial charge >= 0.3 is 0 Å². The third kappa shape index (κ3) is 2.37. The van der Waals surface area contributed by atoms with Crippen molar-refractivity contribution in [3.63, 3.8) is 0 Å². The van der Waals surface area contributed by atoms with Gasteiger partial charge in [-0.1, -0.05) is 13.0 Å². The molecule has 8 heteroatoms. The second-order valence-corrected chi connectivity index (χ2v) is 5.37. The summed E-state index contributed by atoms with van der Waals surface area (Å²) in [6, 6.07) is 6.93. The number of pyridine rings is 1. The van der Waals surface area contributed by atoms with Crippen LogP contribution in [0.3, 0.4) is 0 Å². The largest absolute Gasteiger partial charge is 0.342 e. The van der Waals surface area contributed by atoms with Gasteiger partial charge in [-0.05, 0) is 24.6 Å². The highest BCUT2D eigenvalue weighted by Crippen LogP contribution is 2.17. The van der Waals surface area contributed by atoms with Gasteiger partial charge in [-0.15, -0.1) is 0 Å². The van der Waals surface area contributed by atoms with Crippen LogP contribution in [-0.4, -0.2) is 34.9 Å². The maximum Gasteiger partial charge on any atom is 0.270 e. The van der Waals surface area contributed by atoms with E-state index in [0.29, 0.717) is 23.5 Å². The molecule has 1 N–H and O–H groups in total. The van der Waals surface area contributed by atoms with E-state index in [1.165, 1.54) is 10.8 Å². The van der Waals surface area contributed by atoms with Crippen LogP contribution in [0.5, 0.6) is 0 Å². The van der Waals surface area contributed by atoms with Crippen LogP contribution in [0.15, 0.2) is 49.2 Å². The van der Waals surface area contributed by atoms with E-state index in [-0.39, 0.29) is 11.9 Å². The highest BCUT2D eigenvalue weighted by molar-refractivity contribution is 5.93. The molecule has 120 valence electrons. The number of fused-ring (bicyclic) bond motifs is 2. The molecule has 4 aromatic rings. The van der Waals surface area contributed by atoms with Gasteiger partial charge in [-0.2, -0.15) is 5.10 Å². The Labute approximate surface area is 137 Å². The van der Waals surface area contributed by atoms with Crippen molar-refractivity contribution in [1.29, 1.82) is 0 Å². The van der Waals surface area contributed by atoms with Gasteiger partial charge in [0.15, 0.2) is 5.65 Å². The molecule has 0 spiro atoms. The first-order valence-corrected chi connectivity index (χ1v) is 7.65. The quantitative estimate of drug-likeness (QED) is 0.617. The maximum atomic E-state index is 12.7. The first-order valence-electron chi connectivity index (χ1n) is 7.65. The highest BCUT2D eigenvalue weighted by Gasteiger charge is 2.19. The maximum absolute atomic E-state index is 12.7. The Morgan fingerprint density at radius 1 is 1.29 bits per heavy atom. The SMILES string of the molecule is CCC(NC(=O)c1cccc2ncnn12)c1cn2cccnc2n1. The number of carbonyl (C=O) groups is 1. The van der Waals surface area contributed by atoms with Gasteiger partial charge in [0.05, 0.1) is 11.7 Å². The molecule has 0 aromatic carbocycles. The zero-order valence-electron chi connectivity index (χ0n) is 13.0. The van der Waals surface area contributed by atoms with Crippen LogP contribution >= 0.6 is 0 Å². The topological polar surface area (TPSA) is 89.5 Å². The molecular weight excluding hydrogens is 306 g/mol. The summed E-state index contributed by atoms with van der Waals surface area (Å²) in [7, 11) is 0. The van der Waals surface area contributed by atoms with Crippen molar-refractivity contribution >= 4 is 17.3 Å². The monoisotopic (exact) mass is 321 g/mol. The number of amides is 1. The zero-order chi connectivity index (χ0) is 16.5.